The van der Waals surface area contributed by atoms with Crippen molar-refractivity contribution < 1.29 is 26.7 Å². The fourth-order valence-electron chi connectivity index (χ4n) is 5.90. The van der Waals surface area contributed by atoms with Crippen molar-refractivity contribution in [2.75, 3.05) is 43.1 Å². The molecule has 2 saturated heterocycles. The molecule has 10 nitrogen and oxygen atoms in total. The summed E-state index contributed by atoms with van der Waals surface area (Å²) in [4.78, 5) is 17.9. The Kier molecular flexibility index (Phi) is 13.9. The van der Waals surface area contributed by atoms with E-state index in [-0.39, 0.29) is 15.5 Å². The summed E-state index contributed by atoms with van der Waals surface area (Å²) < 4.78 is 58.0. The molecule has 0 bridgehead atoms. The summed E-state index contributed by atoms with van der Waals surface area (Å²) in [6.45, 7) is 2.74. The number of thioether (sulfide) groups is 1. The standard InChI is InChI=1S/C28H39Br2ClN4O6S4/c1-42-14-9-21(15-25(36)37)33-44(38,39)22-16-24(30)28(32-18-22)34-10-5-19(6-11-34)3-2-4-20-7-12-35(13-8-20)45(40,41)26-17-23(29)27(31)43-26/h16-21,33H,2-15H2,1H3,(H,36,37). The smallest absolute Gasteiger partial charge is 0.304 e. The van der Waals surface area contributed by atoms with Crippen molar-refractivity contribution in [2.24, 2.45) is 11.8 Å². The first-order valence-corrected chi connectivity index (χ1v) is 22.0. The van der Waals surface area contributed by atoms with Gasteiger partial charge in [0.15, 0.2) is 0 Å². The molecule has 0 amide bonds. The second-order valence-corrected chi connectivity index (χ2v) is 19.8. The lowest BCUT2D eigenvalue weighted by Crippen LogP contribution is -2.38. The minimum Gasteiger partial charge on any atom is -0.481 e. The number of hydrogen-bond donors (Lipinski definition) is 2. The van der Waals surface area contributed by atoms with Crippen LogP contribution in [-0.2, 0) is 24.8 Å². The molecular formula is C28H39Br2ClN4O6S4. The minimum atomic E-state index is -3.93. The number of aromatic nitrogens is 1. The zero-order valence-electron chi connectivity index (χ0n) is 25.0. The Hall–Kier alpha value is -0.460. The van der Waals surface area contributed by atoms with Gasteiger partial charge in [0.2, 0.25) is 10.0 Å². The molecule has 2 aliphatic heterocycles. The predicted molar refractivity (Wildman–Crippen MR) is 189 cm³/mol. The number of carboxylic acids is 1. The Morgan fingerprint density at radius 1 is 1.09 bits per heavy atom. The molecule has 0 aromatic carbocycles. The third-order valence-corrected chi connectivity index (χ3v) is 16.0. The van der Waals surface area contributed by atoms with Crippen LogP contribution < -0.4 is 9.62 Å². The highest BCUT2D eigenvalue weighted by atomic mass is 79.9. The Labute approximate surface area is 296 Å². The summed E-state index contributed by atoms with van der Waals surface area (Å²) in [5, 5.41) is 9.18. The molecule has 2 aromatic heterocycles. The highest BCUT2D eigenvalue weighted by Gasteiger charge is 2.31. The molecular weight excluding hydrogens is 812 g/mol. The van der Waals surface area contributed by atoms with Crippen LogP contribution in [0.15, 0.2) is 36.4 Å². The maximum absolute atomic E-state index is 13.0. The summed E-state index contributed by atoms with van der Waals surface area (Å²) >= 11 is 15.5. The molecule has 2 fully saturated rings. The van der Waals surface area contributed by atoms with Gasteiger partial charge in [-0.3, -0.25) is 4.79 Å². The quantitative estimate of drug-likeness (QED) is 0.201. The van der Waals surface area contributed by atoms with E-state index in [0.717, 1.165) is 69.4 Å². The van der Waals surface area contributed by atoms with Gasteiger partial charge in [0, 0.05) is 42.9 Å². The number of rotatable bonds is 15. The van der Waals surface area contributed by atoms with E-state index >= 15 is 0 Å². The normalized spacial score (nSPS) is 18.4. The van der Waals surface area contributed by atoms with Gasteiger partial charge in [-0.25, -0.2) is 26.5 Å². The number of carbonyl (C=O) groups is 1. The SMILES string of the molecule is CSCCC(CC(=O)O)NS(=O)(=O)c1cnc(N2CCC(CCCC3CCN(S(=O)(=O)c4cc(Br)c(Cl)s4)CC3)CC2)c(Br)c1. The number of piperidine rings is 2. The van der Waals surface area contributed by atoms with E-state index in [1.807, 2.05) is 6.26 Å². The van der Waals surface area contributed by atoms with Crippen LogP contribution in [0.25, 0.3) is 0 Å². The van der Waals surface area contributed by atoms with Crippen LogP contribution in [0.3, 0.4) is 0 Å². The summed E-state index contributed by atoms with van der Waals surface area (Å²) in [5.74, 6) is 1.44. The Morgan fingerprint density at radius 2 is 1.71 bits per heavy atom. The minimum absolute atomic E-state index is 0.0000233. The molecule has 4 rings (SSSR count). The van der Waals surface area contributed by atoms with Gasteiger partial charge in [0.25, 0.3) is 10.0 Å². The van der Waals surface area contributed by atoms with E-state index in [1.165, 1.54) is 24.0 Å². The van der Waals surface area contributed by atoms with Crippen molar-refractivity contribution in [3.8, 4) is 0 Å². The molecule has 2 aliphatic rings. The lowest BCUT2D eigenvalue weighted by Gasteiger charge is -2.34. The fourth-order valence-corrected chi connectivity index (χ4v) is 12.3. The van der Waals surface area contributed by atoms with Crippen LogP contribution in [0.4, 0.5) is 5.82 Å². The molecule has 252 valence electrons. The monoisotopic (exact) mass is 848 g/mol. The van der Waals surface area contributed by atoms with Gasteiger partial charge < -0.3 is 10.0 Å². The van der Waals surface area contributed by atoms with Crippen molar-refractivity contribution in [3.63, 3.8) is 0 Å². The van der Waals surface area contributed by atoms with Gasteiger partial charge in [0.1, 0.15) is 19.3 Å². The molecule has 1 atom stereocenters. The van der Waals surface area contributed by atoms with E-state index in [4.69, 9.17) is 11.6 Å². The highest BCUT2D eigenvalue weighted by molar-refractivity contribution is 9.11. The van der Waals surface area contributed by atoms with Crippen molar-refractivity contribution in [3.05, 3.63) is 31.6 Å². The van der Waals surface area contributed by atoms with Crippen molar-refractivity contribution in [1.29, 1.82) is 0 Å². The number of nitrogens with zero attached hydrogens (tertiary/aromatic N) is 3. The van der Waals surface area contributed by atoms with Crippen LogP contribution in [0.2, 0.25) is 4.34 Å². The number of carboxylic acid groups (broad SMARTS) is 1. The second-order valence-electron chi connectivity index (χ2n) is 11.6. The number of hydrogen-bond acceptors (Lipinski definition) is 9. The Morgan fingerprint density at radius 3 is 2.24 bits per heavy atom. The number of aliphatic carboxylic acids is 1. The number of thiophene rings is 1. The number of anilines is 1. The topological polar surface area (TPSA) is 137 Å². The Bertz CT molecular complexity index is 1510. The summed E-state index contributed by atoms with van der Waals surface area (Å²) in [7, 11) is -7.44. The van der Waals surface area contributed by atoms with Crippen LogP contribution in [0.1, 0.15) is 57.8 Å². The molecule has 45 heavy (non-hydrogen) atoms. The average Bonchev–Trinajstić information content (AvgIpc) is 3.34. The molecule has 0 spiro atoms. The molecule has 0 aliphatic carbocycles. The fraction of sp³-hybridized carbons (Fsp3) is 0.643. The van der Waals surface area contributed by atoms with Gasteiger partial charge in [-0.2, -0.15) is 16.1 Å². The van der Waals surface area contributed by atoms with Gasteiger partial charge >= 0.3 is 5.97 Å². The number of halogens is 3. The van der Waals surface area contributed by atoms with E-state index in [2.05, 4.69) is 46.5 Å². The van der Waals surface area contributed by atoms with Gasteiger partial charge in [-0.1, -0.05) is 30.9 Å². The van der Waals surface area contributed by atoms with Crippen LogP contribution in [0.5, 0.6) is 0 Å². The van der Waals surface area contributed by atoms with E-state index in [1.54, 1.807) is 10.4 Å². The average molecular weight is 851 g/mol. The van der Waals surface area contributed by atoms with Gasteiger partial charge in [0.05, 0.1) is 10.9 Å². The molecule has 2 aromatic rings. The van der Waals surface area contributed by atoms with E-state index < -0.39 is 32.1 Å². The zero-order chi connectivity index (χ0) is 32.8. The van der Waals surface area contributed by atoms with Crippen molar-refractivity contribution in [2.45, 2.75) is 72.9 Å². The number of sulfonamides is 2. The predicted octanol–water partition coefficient (Wildman–Crippen LogP) is 6.68. The van der Waals surface area contributed by atoms with E-state index in [9.17, 15) is 26.7 Å². The first-order valence-electron chi connectivity index (χ1n) is 14.9. The first kappa shape index (κ1) is 37.4. The van der Waals surface area contributed by atoms with Gasteiger partial charge in [-0.05, 0) is 99.9 Å². The van der Waals surface area contributed by atoms with E-state index in [0.29, 0.717) is 56.2 Å². The summed E-state index contributed by atoms with van der Waals surface area (Å²) in [6.07, 6.45) is 10.5. The van der Waals surface area contributed by atoms with Crippen LogP contribution in [0, 0.1) is 11.8 Å². The number of nitrogens with one attached hydrogen (secondary N) is 1. The maximum Gasteiger partial charge on any atom is 0.304 e. The number of pyridine rings is 1. The molecule has 2 N–H and O–H groups in total. The van der Waals surface area contributed by atoms with Crippen LogP contribution >= 0.6 is 66.6 Å². The van der Waals surface area contributed by atoms with Gasteiger partial charge in [-0.15, -0.1) is 11.3 Å². The zero-order valence-corrected chi connectivity index (χ0v) is 32.2. The largest absolute Gasteiger partial charge is 0.481 e. The third-order valence-electron chi connectivity index (χ3n) is 8.45. The van der Waals surface area contributed by atoms with Crippen LogP contribution in [-0.4, -0.2) is 81.4 Å². The maximum atomic E-state index is 13.0. The van der Waals surface area contributed by atoms with Crippen molar-refractivity contribution >= 4 is 98.4 Å². The van der Waals surface area contributed by atoms with Crippen molar-refractivity contribution in [1.82, 2.24) is 14.0 Å². The second kappa shape index (κ2) is 16.8. The molecule has 0 radical (unpaired) electrons. The first-order chi connectivity index (χ1) is 21.3. The summed E-state index contributed by atoms with van der Waals surface area (Å²) in [5.41, 5.74) is 0. The molecule has 17 heteroatoms. The molecule has 0 saturated carbocycles. The highest BCUT2D eigenvalue weighted by Crippen LogP contribution is 2.37. The lowest BCUT2D eigenvalue weighted by atomic mass is 9.87. The summed E-state index contributed by atoms with van der Waals surface area (Å²) in [6, 6.07) is 2.43. The molecule has 1 unspecified atom stereocenters. The molecule has 4 heterocycles. The Balaban J connectivity index is 1.21. The third kappa shape index (κ3) is 10.3. The lowest BCUT2D eigenvalue weighted by molar-refractivity contribution is -0.137.